The van der Waals surface area contributed by atoms with Crippen LogP contribution in [0.25, 0.3) is 0 Å². The van der Waals surface area contributed by atoms with Gasteiger partial charge in [0.2, 0.25) is 0 Å². The highest BCUT2D eigenvalue weighted by molar-refractivity contribution is 14.1. The van der Waals surface area contributed by atoms with E-state index >= 15 is 0 Å². The maximum absolute atomic E-state index is 14.7. The summed E-state index contributed by atoms with van der Waals surface area (Å²) >= 11 is 1.99. The molecule has 1 heterocycles. The summed E-state index contributed by atoms with van der Waals surface area (Å²) in [6.07, 6.45) is 1.70. The second kappa shape index (κ2) is 10.7. The van der Waals surface area contributed by atoms with Crippen molar-refractivity contribution >= 4 is 67.3 Å². The number of halogens is 2. The van der Waals surface area contributed by atoms with Gasteiger partial charge in [-0.3, -0.25) is 18.9 Å². The second-order valence-corrected chi connectivity index (χ2v) is 11.5. The Kier molecular flexibility index (Phi) is 7.75. The minimum absolute atomic E-state index is 0.0278. The first-order chi connectivity index (χ1) is 17.5. The summed E-state index contributed by atoms with van der Waals surface area (Å²) in [7, 11) is -0.963. The molecule has 0 saturated heterocycles. The van der Waals surface area contributed by atoms with Crippen molar-refractivity contribution in [3.63, 3.8) is 0 Å². The largest absolute Gasteiger partial charge is 0.354 e. The molecule has 10 nitrogen and oxygen atoms in total. The molecule has 37 heavy (non-hydrogen) atoms. The van der Waals surface area contributed by atoms with Crippen molar-refractivity contribution in [3.05, 3.63) is 73.3 Å². The van der Waals surface area contributed by atoms with Gasteiger partial charge in [-0.2, -0.15) is 8.42 Å². The highest BCUT2D eigenvalue weighted by Crippen LogP contribution is 2.33. The van der Waals surface area contributed by atoms with Gasteiger partial charge in [0.1, 0.15) is 17.2 Å². The van der Waals surface area contributed by atoms with Crippen LogP contribution in [0.4, 0.5) is 33.0 Å². The third kappa shape index (κ3) is 6.22. The van der Waals surface area contributed by atoms with Crippen molar-refractivity contribution in [2.24, 2.45) is 7.05 Å². The normalized spacial score (nSPS) is 13.2. The molecule has 3 aromatic rings. The van der Waals surface area contributed by atoms with Crippen LogP contribution in [0, 0.1) is 16.3 Å². The zero-order valence-electron chi connectivity index (χ0n) is 20.3. The van der Waals surface area contributed by atoms with Gasteiger partial charge in [-0.15, -0.1) is 0 Å². The Morgan fingerprint density at radius 2 is 1.81 bits per heavy atom. The molecule has 1 amide bonds. The maximum atomic E-state index is 14.7. The molecule has 0 atom stereocenters. The van der Waals surface area contributed by atoms with Crippen molar-refractivity contribution in [2.75, 3.05) is 22.4 Å². The number of carbonyl (C=O) groups is 1. The molecule has 1 fully saturated rings. The number of carbonyl (C=O) groups excluding carboxylic acids is 1. The molecule has 0 unspecified atom stereocenters. The average molecular weight is 640 g/mol. The monoisotopic (exact) mass is 640 g/mol. The lowest BCUT2D eigenvalue weighted by Gasteiger charge is -2.22. The van der Waals surface area contributed by atoms with Gasteiger partial charge < -0.3 is 16.0 Å². The lowest BCUT2D eigenvalue weighted by atomic mass is 10.1. The molecule has 196 valence electrons. The maximum Gasteiger partial charge on any atom is 0.298 e. The molecule has 0 spiro atoms. The predicted molar refractivity (Wildman–Crippen MR) is 151 cm³/mol. The molecule has 1 aliphatic carbocycles. The van der Waals surface area contributed by atoms with Crippen LogP contribution < -0.4 is 31.0 Å². The molecule has 0 aliphatic heterocycles. The molecule has 0 radical (unpaired) electrons. The first-order valence-corrected chi connectivity index (χ1v) is 13.9. The number of rotatable bonds is 9. The van der Waals surface area contributed by atoms with Crippen LogP contribution in [0.2, 0.25) is 0 Å². The summed E-state index contributed by atoms with van der Waals surface area (Å²) in [5, 5.41) is 8.99. The number of pyridine rings is 1. The third-order valence-corrected chi connectivity index (χ3v) is 7.51. The highest BCUT2D eigenvalue weighted by Gasteiger charge is 2.29. The standard InChI is InChI=1S/C24H26FIN6O4S/c1-13-21(28-16-5-4-6-17(12-16)31-37(35,36)27-2)20(23(33)29-15-8-9-15)22(32(3)24(13)34)30-19-10-7-14(26)11-18(19)25/h4-7,10-12,15,27-28,30-31H,8-9H2,1-3H3,(H,29,33). The number of hydrogen-bond acceptors (Lipinski definition) is 6. The molecule has 1 aromatic heterocycles. The van der Waals surface area contributed by atoms with Gasteiger partial charge in [-0.25, -0.2) is 9.11 Å². The highest BCUT2D eigenvalue weighted by atomic mass is 127. The fourth-order valence-corrected chi connectivity index (χ4v) is 4.66. The quantitative estimate of drug-likeness (QED) is 0.227. The smallest absolute Gasteiger partial charge is 0.298 e. The van der Waals surface area contributed by atoms with E-state index in [1.165, 1.54) is 36.9 Å². The van der Waals surface area contributed by atoms with Crippen LogP contribution in [0.5, 0.6) is 0 Å². The molecule has 5 N–H and O–H groups in total. The van der Waals surface area contributed by atoms with Gasteiger partial charge in [-0.1, -0.05) is 6.07 Å². The number of benzene rings is 2. The van der Waals surface area contributed by atoms with Crippen molar-refractivity contribution in [2.45, 2.75) is 25.8 Å². The number of amides is 1. The fourth-order valence-electron chi connectivity index (χ4n) is 3.67. The van der Waals surface area contributed by atoms with E-state index in [4.69, 9.17) is 0 Å². The Morgan fingerprint density at radius 1 is 1.11 bits per heavy atom. The summed E-state index contributed by atoms with van der Waals surface area (Å²) in [6.45, 7) is 1.58. The second-order valence-electron chi connectivity index (χ2n) is 8.60. The SMILES string of the molecule is CNS(=O)(=O)Nc1cccc(Nc2c(C(=O)NC3CC3)c(Nc3ccc(I)cc3F)n(C)c(=O)c2C)c1. The minimum Gasteiger partial charge on any atom is -0.354 e. The first kappa shape index (κ1) is 26.9. The Labute approximate surface area is 227 Å². The first-order valence-electron chi connectivity index (χ1n) is 11.3. The number of hydrogen-bond donors (Lipinski definition) is 5. The van der Waals surface area contributed by atoms with Crippen LogP contribution in [0.15, 0.2) is 47.3 Å². The van der Waals surface area contributed by atoms with Crippen LogP contribution in [0.1, 0.15) is 28.8 Å². The van der Waals surface area contributed by atoms with Gasteiger partial charge in [0.15, 0.2) is 0 Å². The van der Waals surface area contributed by atoms with Crippen LogP contribution in [-0.4, -0.2) is 32.0 Å². The Balaban J connectivity index is 1.83. The van der Waals surface area contributed by atoms with Crippen LogP contribution in [0.3, 0.4) is 0 Å². The van der Waals surface area contributed by atoms with E-state index in [0.29, 0.717) is 9.26 Å². The summed E-state index contributed by atoms with van der Waals surface area (Å²) in [4.78, 5) is 26.7. The van der Waals surface area contributed by atoms with Crippen molar-refractivity contribution < 1.29 is 17.6 Å². The van der Waals surface area contributed by atoms with E-state index < -0.39 is 27.5 Å². The van der Waals surface area contributed by atoms with Crippen molar-refractivity contribution in [3.8, 4) is 0 Å². The molecule has 4 rings (SSSR count). The van der Waals surface area contributed by atoms with E-state index in [1.54, 1.807) is 31.2 Å². The molecule has 0 bridgehead atoms. The number of nitrogens with one attached hydrogen (secondary N) is 5. The van der Waals surface area contributed by atoms with Crippen LogP contribution in [-0.2, 0) is 17.3 Å². The fraction of sp³-hybridized carbons (Fsp3) is 0.250. The van der Waals surface area contributed by atoms with E-state index in [0.717, 1.165) is 12.8 Å². The third-order valence-electron chi connectivity index (χ3n) is 5.80. The van der Waals surface area contributed by atoms with Gasteiger partial charge in [0, 0.05) is 35.0 Å². The zero-order valence-corrected chi connectivity index (χ0v) is 23.3. The van der Waals surface area contributed by atoms with Crippen LogP contribution >= 0.6 is 22.6 Å². The molecular weight excluding hydrogens is 614 g/mol. The Morgan fingerprint density at radius 3 is 2.46 bits per heavy atom. The molecule has 2 aromatic carbocycles. The molecular formula is C24H26FIN6O4S. The Hall–Kier alpha value is -3.17. The summed E-state index contributed by atoms with van der Waals surface area (Å²) in [5.74, 6) is -0.847. The van der Waals surface area contributed by atoms with E-state index in [9.17, 15) is 22.4 Å². The topological polar surface area (TPSA) is 133 Å². The minimum atomic E-state index is -3.75. The van der Waals surface area contributed by atoms with Crippen molar-refractivity contribution in [1.82, 2.24) is 14.6 Å². The molecule has 1 aliphatic rings. The number of nitrogens with zero attached hydrogens (tertiary/aromatic N) is 1. The number of aromatic nitrogens is 1. The average Bonchev–Trinajstić information content (AvgIpc) is 3.66. The van der Waals surface area contributed by atoms with Gasteiger partial charge in [0.05, 0.1) is 17.1 Å². The lowest BCUT2D eigenvalue weighted by Crippen LogP contribution is -2.32. The zero-order chi connectivity index (χ0) is 26.9. The van der Waals surface area contributed by atoms with Gasteiger partial charge >= 0.3 is 0 Å². The van der Waals surface area contributed by atoms with E-state index in [2.05, 4.69) is 25.4 Å². The molecule has 1 saturated carbocycles. The van der Waals surface area contributed by atoms with Crippen molar-refractivity contribution in [1.29, 1.82) is 0 Å². The predicted octanol–water partition coefficient (Wildman–Crippen LogP) is 3.69. The lowest BCUT2D eigenvalue weighted by molar-refractivity contribution is 0.0952. The van der Waals surface area contributed by atoms with E-state index in [-0.39, 0.29) is 40.0 Å². The summed E-state index contributed by atoms with van der Waals surface area (Å²) < 4.78 is 45.1. The summed E-state index contributed by atoms with van der Waals surface area (Å²) in [5.41, 5.74) is 1.02. The number of anilines is 5. The van der Waals surface area contributed by atoms with Gasteiger partial charge in [-0.05, 0) is 78.8 Å². The van der Waals surface area contributed by atoms with E-state index in [1.807, 2.05) is 22.6 Å². The van der Waals surface area contributed by atoms with Gasteiger partial charge in [0.25, 0.3) is 21.7 Å². The molecule has 13 heteroatoms. The summed E-state index contributed by atoms with van der Waals surface area (Å²) in [6, 6.07) is 11.0. The Bertz CT molecular complexity index is 1540.